The number of nitrogens with zero attached hydrogens (tertiary/aromatic N) is 3. The highest BCUT2D eigenvalue weighted by atomic mass is 35.5. The van der Waals surface area contributed by atoms with Gasteiger partial charge >= 0.3 is 0 Å². The van der Waals surface area contributed by atoms with E-state index < -0.39 is 5.62 Å². The van der Waals surface area contributed by atoms with Crippen molar-refractivity contribution in [2.75, 3.05) is 0 Å². The summed E-state index contributed by atoms with van der Waals surface area (Å²) in [5, 5.41) is 0. The lowest BCUT2D eigenvalue weighted by atomic mass is 10.8. The molecule has 1 aliphatic rings. The quantitative estimate of drug-likeness (QED) is 0.321. The third kappa shape index (κ3) is 1.46. The molecule has 1 unspecified atom stereocenters. The molecule has 0 saturated carbocycles. The van der Waals surface area contributed by atoms with E-state index >= 15 is 0 Å². The summed E-state index contributed by atoms with van der Waals surface area (Å²) in [6.45, 7) is 0. The van der Waals surface area contributed by atoms with Crippen molar-refractivity contribution in [3.63, 3.8) is 0 Å². The van der Waals surface area contributed by atoms with E-state index in [9.17, 15) is 0 Å². The van der Waals surface area contributed by atoms with Crippen LogP contribution in [0.2, 0.25) is 0 Å². The van der Waals surface area contributed by atoms with Crippen molar-refractivity contribution < 1.29 is 0 Å². The smallest absolute Gasteiger partial charge is 0.219 e. The van der Waals surface area contributed by atoms with Crippen molar-refractivity contribution in [1.82, 2.24) is 4.42 Å². The standard InChI is InChI=1S/C3H4Cl2N4/c4-2-8-3(6)7-1-9(2)5/h1-2H,(H2,6,8). The van der Waals surface area contributed by atoms with Crippen LogP contribution in [0.3, 0.4) is 0 Å². The molecule has 0 aromatic rings. The molecule has 1 atom stereocenters. The Hall–Kier alpha value is -0.480. The normalized spacial score (nSPS) is 26.2. The zero-order valence-corrected chi connectivity index (χ0v) is 5.84. The summed E-state index contributed by atoms with van der Waals surface area (Å²) in [7, 11) is 0. The second-order valence-electron chi connectivity index (χ2n) is 1.39. The number of aliphatic imine (C=N–C) groups is 2. The first-order chi connectivity index (χ1) is 4.20. The van der Waals surface area contributed by atoms with Crippen LogP contribution in [0, 0.1) is 0 Å². The van der Waals surface area contributed by atoms with Gasteiger partial charge in [-0.1, -0.05) is 11.6 Å². The lowest BCUT2D eigenvalue weighted by Gasteiger charge is -2.15. The molecule has 9 heavy (non-hydrogen) atoms. The van der Waals surface area contributed by atoms with Gasteiger partial charge in [0.05, 0.1) is 0 Å². The molecule has 0 saturated heterocycles. The molecule has 0 radical (unpaired) electrons. The molecule has 1 rings (SSSR count). The zero-order valence-electron chi connectivity index (χ0n) is 4.33. The minimum Gasteiger partial charge on any atom is -0.368 e. The number of alkyl halides is 1. The molecular weight excluding hydrogens is 163 g/mol. The van der Waals surface area contributed by atoms with Crippen LogP contribution in [0.25, 0.3) is 0 Å². The Morgan fingerprint density at radius 2 is 2.44 bits per heavy atom. The van der Waals surface area contributed by atoms with Crippen molar-refractivity contribution >= 4 is 35.7 Å². The van der Waals surface area contributed by atoms with Gasteiger partial charge in [-0.2, -0.15) is 0 Å². The molecule has 0 aliphatic carbocycles. The van der Waals surface area contributed by atoms with Crippen LogP contribution in [0.5, 0.6) is 0 Å². The molecule has 0 aromatic carbocycles. The number of hydrogen-bond acceptors (Lipinski definition) is 4. The number of hydrogen-bond donors (Lipinski definition) is 1. The minimum absolute atomic E-state index is 0.145. The van der Waals surface area contributed by atoms with Crippen molar-refractivity contribution in [2.45, 2.75) is 5.62 Å². The average molecular weight is 167 g/mol. The van der Waals surface area contributed by atoms with Gasteiger partial charge in [0, 0.05) is 11.8 Å². The molecule has 1 heterocycles. The summed E-state index contributed by atoms with van der Waals surface area (Å²) in [6.07, 6.45) is 1.31. The van der Waals surface area contributed by atoms with Gasteiger partial charge in [0.25, 0.3) is 0 Å². The third-order valence-corrected chi connectivity index (χ3v) is 1.42. The Morgan fingerprint density at radius 3 is 2.89 bits per heavy atom. The van der Waals surface area contributed by atoms with Crippen LogP contribution in [0.1, 0.15) is 0 Å². The number of rotatable bonds is 0. The summed E-state index contributed by atoms with van der Waals surface area (Å²) >= 11 is 10.9. The summed E-state index contributed by atoms with van der Waals surface area (Å²) in [4.78, 5) is 7.19. The second-order valence-corrected chi connectivity index (χ2v) is 2.17. The SMILES string of the molecule is NC1=NC(Cl)N(Cl)C=N1. The molecule has 0 fully saturated rings. The fourth-order valence-corrected chi connectivity index (χ4v) is 0.605. The van der Waals surface area contributed by atoms with E-state index in [0.29, 0.717) is 0 Å². The van der Waals surface area contributed by atoms with Crippen LogP contribution in [-0.2, 0) is 0 Å². The maximum absolute atomic E-state index is 5.50. The van der Waals surface area contributed by atoms with Gasteiger partial charge in [-0.15, -0.1) is 0 Å². The van der Waals surface area contributed by atoms with Crippen molar-refractivity contribution in [3.05, 3.63) is 0 Å². The predicted octanol–water partition coefficient (Wildman–Crippen LogP) is 0.321. The average Bonchev–Trinajstić information content (AvgIpc) is 1.80. The Morgan fingerprint density at radius 1 is 1.78 bits per heavy atom. The highest BCUT2D eigenvalue weighted by molar-refractivity contribution is 6.29. The van der Waals surface area contributed by atoms with Gasteiger partial charge in [-0.3, -0.25) is 0 Å². The minimum atomic E-state index is -0.635. The Kier molecular flexibility index (Phi) is 1.78. The van der Waals surface area contributed by atoms with Gasteiger partial charge in [0.2, 0.25) is 11.6 Å². The first kappa shape index (κ1) is 6.64. The Bertz CT molecular complexity index is 165. The summed E-state index contributed by atoms with van der Waals surface area (Å²) in [5.74, 6) is 0.145. The molecule has 1 aliphatic heterocycles. The van der Waals surface area contributed by atoms with Gasteiger partial charge in [-0.25, -0.2) is 14.4 Å². The van der Waals surface area contributed by atoms with Gasteiger partial charge < -0.3 is 5.73 Å². The van der Waals surface area contributed by atoms with Crippen LogP contribution in [0.15, 0.2) is 9.98 Å². The highest BCUT2D eigenvalue weighted by Crippen LogP contribution is 2.09. The van der Waals surface area contributed by atoms with Crippen molar-refractivity contribution in [1.29, 1.82) is 0 Å². The zero-order chi connectivity index (χ0) is 6.85. The second kappa shape index (κ2) is 2.41. The van der Waals surface area contributed by atoms with Crippen LogP contribution in [0.4, 0.5) is 0 Å². The number of halogens is 2. The van der Waals surface area contributed by atoms with E-state index in [-0.39, 0.29) is 5.96 Å². The lowest BCUT2D eigenvalue weighted by molar-refractivity contribution is 0.622. The monoisotopic (exact) mass is 166 g/mol. The fourth-order valence-electron chi connectivity index (χ4n) is 0.367. The van der Waals surface area contributed by atoms with Gasteiger partial charge in [-0.05, 0) is 0 Å². The third-order valence-electron chi connectivity index (χ3n) is 0.743. The molecule has 0 amide bonds. The predicted molar refractivity (Wildman–Crippen MR) is 37.4 cm³/mol. The van der Waals surface area contributed by atoms with E-state index in [1.165, 1.54) is 6.34 Å². The molecule has 0 spiro atoms. The van der Waals surface area contributed by atoms with Crippen LogP contribution >= 0.6 is 23.4 Å². The van der Waals surface area contributed by atoms with E-state index in [2.05, 4.69) is 9.98 Å². The van der Waals surface area contributed by atoms with Crippen LogP contribution in [-0.4, -0.2) is 22.3 Å². The first-order valence-electron chi connectivity index (χ1n) is 2.16. The highest BCUT2D eigenvalue weighted by Gasteiger charge is 2.12. The Balaban J connectivity index is 2.70. The Labute approximate surface area is 62.1 Å². The summed E-state index contributed by atoms with van der Waals surface area (Å²) < 4.78 is 1.12. The lowest BCUT2D eigenvalue weighted by Crippen LogP contribution is -2.27. The molecular formula is C3H4Cl2N4. The van der Waals surface area contributed by atoms with Gasteiger partial charge in [0.15, 0.2) is 0 Å². The maximum atomic E-state index is 5.50. The van der Waals surface area contributed by atoms with Gasteiger partial charge in [0.1, 0.15) is 6.34 Å². The van der Waals surface area contributed by atoms with Crippen LogP contribution < -0.4 is 5.73 Å². The molecule has 50 valence electrons. The topological polar surface area (TPSA) is 54.0 Å². The van der Waals surface area contributed by atoms with E-state index in [0.717, 1.165) is 4.42 Å². The summed E-state index contributed by atoms with van der Waals surface area (Å²) in [5.41, 5.74) is 4.53. The molecule has 0 bridgehead atoms. The molecule has 0 aromatic heterocycles. The molecule has 6 heteroatoms. The van der Waals surface area contributed by atoms with Crippen molar-refractivity contribution in [3.8, 4) is 0 Å². The number of guanidine groups is 1. The number of nitrogens with two attached hydrogens (primary N) is 1. The van der Waals surface area contributed by atoms with Crippen molar-refractivity contribution in [2.24, 2.45) is 15.7 Å². The molecule has 4 nitrogen and oxygen atoms in total. The van der Waals surface area contributed by atoms with E-state index in [4.69, 9.17) is 29.1 Å². The summed E-state index contributed by atoms with van der Waals surface area (Å²) in [6, 6.07) is 0. The fraction of sp³-hybridized carbons (Fsp3) is 0.333. The van der Waals surface area contributed by atoms with E-state index in [1.54, 1.807) is 0 Å². The van der Waals surface area contributed by atoms with E-state index in [1.807, 2.05) is 0 Å². The maximum Gasteiger partial charge on any atom is 0.219 e. The molecule has 2 N–H and O–H groups in total. The largest absolute Gasteiger partial charge is 0.368 e. The first-order valence-corrected chi connectivity index (χ1v) is 2.93.